The lowest BCUT2D eigenvalue weighted by Gasteiger charge is -2.23. The smallest absolute Gasteiger partial charge is 0.327 e. The van der Waals surface area contributed by atoms with E-state index in [1.165, 1.54) is 43.3 Å². The van der Waals surface area contributed by atoms with Gasteiger partial charge in [0.15, 0.2) is 0 Å². The summed E-state index contributed by atoms with van der Waals surface area (Å²) in [5.74, 6) is -1.57. The highest BCUT2D eigenvalue weighted by Gasteiger charge is 2.32. The fourth-order valence-corrected chi connectivity index (χ4v) is 3.79. The van der Waals surface area contributed by atoms with Gasteiger partial charge in [0, 0.05) is 24.1 Å². The largest absolute Gasteiger partial charge is 0.446 e. The summed E-state index contributed by atoms with van der Waals surface area (Å²) in [6.45, 7) is -0.841. The van der Waals surface area contributed by atoms with E-state index in [2.05, 4.69) is 20.7 Å². The van der Waals surface area contributed by atoms with Crippen molar-refractivity contribution >= 4 is 37.8 Å². The van der Waals surface area contributed by atoms with Gasteiger partial charge in [0.2, 0.25) is 16.1 Å². The van der Waals surface area contributed by atoms with Crippen LogP contribution in [0.25, 0.3) is 0 Å². The fourth-order valence-electron chi connectivity index (χ4n) is 2.35. The molecule has 0 saturated carbocycles. The minimum absolute atomic E-state index is 0.0871. The number of aliphatic hydroxyl groups is 1. The summed E-state index contributed by atoms with van der Waals surface area (Å²) in [5, 5.41) is 9.55. The van der Waals surface area contributed by atoms with Crippen LogP contribution in [0.2, 0.25) is 0 Å². The van der Waals surface area contributed by atoms with Crippen molar-refractivity contribution in [1.82, 2.24) is 9.62 Å². The molecule has 29 heavy (non-hydrogen) atoms. The van der Waals surface area contributed by atoms with Gasteiger partial charge in [-0.05, 0) is 24.3 Å². The molecule has 1 amide bonds. The summed E-state index contributed by atoms with van der Waals surface area (Å²) in [5.41, 5.74) is 0.423. The Morgan fingerprint density at radius 1 is 1.10 bits per heavy atom. The van der Waals surface area contributed by atoms with E-state index < -0.39 is 40.7 Å². The zero-order chi connectivity index (χ0) is 21.6. The molecule has 8 nitrogen and oxygen atoms in total. The van der Waals surface area contributed by atoms with Crippen LogP contribution in [-0.2, 0) is 24.3 Å². The molecule has 0 aromatic heterocycles. The first-order chi connectivity index (χ1) is 13.7. The second-order valence-electron chi connectivity index (χ2n) is 6.27. The van der Waals surface area contributed by atoms with Gasteiger partial charge >= 0.3 is 5.97 Å². The number of likely N-dealkylation sites (N-methyl/N-ethyl adjacent to an activating group) is 1. The molecular formula is C19H21BrN2O6S. The van der Waals surface area contributed by atoms with Gasteiger partial charge in [0.25, 0.3) is 5.91 Å². The van der Waals surface area contributed by atoms with Gasteiger partial charge in [0.1, 0.15) is 6.04 Å². The zero-order valence-corrected chi connectivity index (χ0v) is 18.2. The standard InChI is InChI=1S/C19H21BrN2O6S/c1-22(2)18(24)17(13-6-4-3-5-7-13)28-19(25)16(12-23)21-29(26,27)15-10-8-14(20)9-11-15/h3-11,16-17,21,23H,12H2,1-2H3. The molecule has 0 radical (unpaired) electrons. The van der Waals surface area contributed by atoms with Gasteiger partial charge in [-0.3, -0.25) is 9.59 Å². The predicted molar refractivity (Wildman–Crippen MR) is 109 cm³/mol. The summed E-state index contributed by atoms with van der Waals surface area (Å²) < 4.78 is 33.1. The van der Waals surface area contributed by atoms with Gasteiger partial charge in [-0.15, -0.1) is 0 Å². The monoisotopic (exact) mass is 484 g/mol. The summed E-state index contributed by atoms with van der Waals surface area (Å²) in [6.07, 6.45) is -1.27. The maximum atomic E-state index is 12.6. The maximum Gasteiger partial charge on any atom is 0.327 e. The number of amides is 1. The molecule has 2 N–H and O–H groups in total. The van der Waals surface area contributed by atoms with Crippen molar-refractivity contribution in [3.8, 4) is 0 Å². The summed E-state index contributed by atoms with van der Waals surface area (Å²) in [6, 6.07) is 12.5. The third-order valence-electron chi connectivity index (χ3n) is 3.89. The number of ether oxygens (including phenoxy) is 1. The Balaban J connectivity index is 2.22. The first-order valence-corrected chi connectivity index (χ1v) is 10.8. The minimum Gasteiger partial charge on any atom is -0.446 e. The molecule has 10 heteroatoms. The number of aliphatic hydroxyl groups excluding tert-OH is 1. The lowest BCUT2D eigenvalue weighted by Crippen LogP contribution is -2.45. The second kappa shape index (κ2) is 9.97. The average Bonchev–Trinajstić information content (AvgIpc) is 2.70. The average molecular weight is 485 g/mol. The molecule has 2 unspecified atom stereocenters. The van der Waals surface area contributed by atoms with Crippen molar-refractivity contribution in [3.05, 3.63) is 64.6 Å². The van der Waals surface area contributed by atoms with Crippen LogP contribution in [0.15, 0.2) is 64.0 Å². The van der Waals surface area contributed by atoms with Crippen molar-refractivity contribution in [2.24, 2.45) is 0 Å². The van der Waals surface area contributed by atoms with E-state index in [0.29, 0.717) is 10.0 Å². The Kier molecular flexibility index (Phi) is 7.91. The van der Waals surface area contributed by atoms with Crippen molar-refractivity contribution < 1.29 is 27.9 Å². The first-order valence-electron chi connectivity index (χ1n) is 8.51. The molecule has 0 saturated heterocycles. The SMILES string of the molecule is CN(C)C(=O)C(OC(=O)C(CO)NS(=O)(=O)c1ccc(Br)cc1)c1ccccc1. The molecule has 0 aliphatic heterocycles. The van der Waals surface area contributed by atoms with Crippen LogP contribution in [0.5, 0.6) is 0 Å². The molecule has 0 heterocycles. The molecule has 0 fully saturated rings. The van der Waals surface area contributed by atoms with Crippen LogP contribution in [-0.4, -0.2) is 57.0 Å². The Morgan fingerprint density at radius 3 is 2.21 bits per heavy atom. The van der Waals surface area contributed by atoms with E-state index in [1.807, 2.05) is 0 Å². The van der Waals surface area contributed by atoms with Gasteiger partial charge in [0.05, 0.1) is 11.5 Å². The van der Waals surface area contributed by atoms with Crippen LogP contribution in [0.4, 0.5) is 0 Å². The van der Waals surface area contributed by atoms with E-state index in [9.17, 15) is 23.1 Å². The fraction of sp³-hybridized carbons (Fsp3) is 0.263. The van der Waals surface area contributed by atoms with E-state index in [0.717, 1.165) is 0 Å². The normalized spacial score (nSPS) is 13.4. The van der Waals surface area contributed by atoms with Crippen molar-refractivity contribution in [2.75, 3.05) is 20.7 Å². The molecular weight excluding hydrogens is 464 g/mol. The van der Waals surface area contributed by atoms with E-state index in [1.54, 1.807) is 30.3 Å². The number of carbonyl (C=O) groups is 2. The lowest BCUT2D eigenvalue weighted by atomic mass is 10.1. The van der Waals surface area contributed by atoms with E-state index in [-0.39, 0.29) is 4.90 Å². The van der Waals surface area contributed by atoms with E-state index in [4.69, 9.17) is 4.74 Å². The number of nitrogens with zero attached hydrogens (tertiary/aromatic N) is 1. The topological polar surface area (TPSA) is 113 Å². The Morgan fingerprint density at radius 2 is 1.69 bits per heavy atom. The number of hydrogen-bond acceptors (Lipinski definition) is 6. The third kappa shape index (κ3) is 6.10. The number of halogens is 1. The highest BCUT2D eigenvalue weighted by molar-refractivity contribution is 9.10. The number of rotatable bonds is 8. The van der Waals surface area contributed by atoms with Gasteiger partial charge in [-0.1, -0.05) is 46.3 Å². The third-order valence-corrected chi connectivity index (χ3v) is 5.91. The van der Waals surface area contributed by atoms with E-state index >= 15 is 0 Å². The van der Waals surface area contributed by atoms with Crippen LogP contribution in [0.3, 0.4) is 0 Å². The van der Waals surface area contributed by atoms with Crippen molar-refractivity contribution in [2.45, 2.75) is 17.0 Å². The lowest BCUT2D eigenvalue weighted by molar-refractivity contribution is -0.161. The molecule has 0 bridgehead atoms. The van der Waals surface area contributed by atoms with Crippen molar-refractivity contribution in [3.63, 3.8) is 0 Å². The number of esters is 1. The molecule has 0 aliphatic carbocycles. The summed E-state index contributed by atoms with van der Waals surface area (Å²) in [7, 11) is -1.09. The molecule has 156 valence electrons. The molecule has 0 spiro atoms. The molecule has 2 aromatic carbocycles. The Bertz CT molecular complexity index is 948. The van der Waals surface area contributed by atoms with Crippen LogP contribution >= 0.6 is 15.9 Å². The second-order valence-corrected chi connectivity index (χ2v) is 8.90. The van der Waals surface area contributed by atoms with Gasteiger partial charge in [-0.2, -0.15) is 4.72 Å². The number of benzene rings is 2. The molecule has 2 rings (SSSR count). The van der Waals surface area contributed by atoms with Gasteiger partial charge < -0.3 is 14.7 Å². The molecule has 2 aromatic rings. The molecule has 2 atom stereocenters. The highest BCUT2D eigenvalue weighted by atomic mass is 79.9. The minimum atomic E-state index is -4.10. The Hall–Kier alpha value is -2.27. The predicted octanol–water partition coefficient (Wildman–Crippen LogP) is 1.46. The Labute approximate surface area is 177 Å². The van der Waals surface area contributed by atoms with Crippen LogP contribution in [0.1, 0.15) is 11.7 Å². The quantitative estimate of drug-likeness (QED) is 0.548. The molecule has 0 aliphatic rings. The number of nitrogens with one attached hydrogen (secondary N) is 1. The number of carbonyl (C=O) groups excluding carboxylic acids is 2. The number of sulfonamides is 1. The maximum absolute atomic E-state index is 12.6. The van der Waals surface area contributed by atoms with Crippen molar-refractivity contribution in [1.29, 1.82) is 0 Å². The first kappa shape index (κ1) is 23.0. The highest BCUT2D eigenvalue weighted by Crippen LogP contribution is 2.21. The van der Waals surface area contributed by atoms with Crippen LogP contribution < -0.4 is 4.72 Å². The van der Waals surface area contributed by atoms with Crippen LogP contribution in [0, 0.1) is 0 Å². The summed E-state index contributed by atoms with van der Waals surface area (Å²) >= 11 is 3.21. The summed E-state index contributed by atoms with van der Waals surface area (Å²) in [4.78, 5) is 26.2. The zero-order valence-electron chi connectivity index (χ0n) is 15.8. The van der Waals surface area contributed by atoms with Gasteiger partial charge in [-0.25, -0.2) is 8.42 Å². The number of hydrogen-bond donors (Lipinski definition) is 2.